The van der Waals surface area contributed by atoms with Crippen molar-refractivity contribution in [2.45, 2.75) is 32.7 Å². The molecule has 1 aromatic rings. The number of carboxylic acid groups (broad SMARTS) is 1. The van der Waals surface area contributed by atoms with Crippen LogP contribution in [0.3, 0.4) is 0 Å². The number of nitrogens with zero attached hydrogens (tertiary/aromatic N) is 1. The van der Waals surface area contributed by atoms with Crippen LogP contribution in [0.15, 0.2) is 18.2 Å². The quantitative estimate of drug-likeness (QED) is 0.704. The van der Waals surface area contributed by atoms with Crippen molar-refractivity contribution in [3.8, 4) is 0 Å². The first kappa shape index (κ1) is 17.9. The van der Waals surface area contributed by atoms with Gasteiger partial charge in [-0.15, -0.1) is 0 Å². The van der Waals surface area contributed by atoms with E-state index in [1.54, 1.807) is 13.0 Å². The molecule has 1 saturated heterocycles. The minimum absolute atomic E-state index is 0.0563. The Balaban J connectivity index is 1.93. The molecule has 1 atom stereocenters. The number of hydrogen-bond acceptors (Lipinski definition) is 4. The van der Waals surface area contributed by atoms with Crippen molar-refractivity contribution in [1.29, 1.82) is 0 Å². The Morgan fingerprint density at radius 3 is 2.71 bits per heavy atom. The molecule has 0 radical (unpaired) electrons. The highest BCUT2D eigenvalue weighted by Gasteiger charge is 2.24. The summed E-state index contributed by atoms with van der Waals surface area (Å²) in [5.41, 5.74) is 1.07. The molecule has 1 aliphatic heterocycles. The monoisotopic (exact) mass is 333 g/mol. The normalized spacial score (nSPS) is 17.5. The van der Waals surface area contributed by atoms with E-state index in [1.807, 2.05) is 0 Å². The van der Waals surface area contributed by atoms with Crippen molar-refractivity contribution >= 4 is 23.5 Å². The van der Waals surface area contributed by atoms with Gasteiger partial charge in [0, 0.05) is 18.3 Å². The Hall–Kier alpha value is -2.41. The molecule has 0 bridgehead atoms. The minimum atomic E-state index is -1.09. The van der Waals surface area contributed by atoms with Gasteiger partial charge in [0.25, 0.3) is 0 Å². The molecule has 7 heteroatoms. The van der Waals surface area contributed by atoms with E-state index in [-0.39, 0.29) is 11.6 Å². The Morgan fingerprint density at radius 1 is 1.29 bits per heavy atom. The lowest BCUT2D eigenvalue weighted by atomic mass is 10.1. The second-order valence-electron chi connectivity index (χ2n) is 5.92. The highest BCUT2D eigenvalue weighted by molar-refractivity contribution is 6.39. The van der Waals surface area contributed by atoms with Gasteiger partial charge in [-0.05, 0) is 50.6 Å². The molecule has 0 aromatic heterocycles. The first-order chi connectivity index (χ1) is 11.4. The summed E-state index contributed by atoms with van der Waals surface area (Å²) in [5.74, 6) is -2.59. The van der Waals surface area contributed by atoms with E-state index in [4.69, 9.17) is 5.11 Å². The van der Waals surface area contributed by atoms with E-state index in [9.17, 15) is 14.4 Å². The van der Waals surface area contributed by atoms with Gasteiger partial charge < -0.3 is 15.7 Å². The molecule has 0 saturated carbocycles. The van der Waals surface area contributed by atoms with Gasteiger partial charge in [0.15, 0.2) is 0 Å². The van der Waals surface area contributed by atoms with Crippen LogP contribution in [0.4, 0.5) is 5.69 Å². The zero-order valence-electron chi connectivity index (χ0n) is 14.0. The van der Waals surface area contributed by atoms with Gasteiger partial charge >= 0.3 is 17.8 Å². The van der Waals surface area contributed by atoms with Crippen LogP contribution in [-0.4, -0.2) is 53.5 Å². The fraction of sp³-hybridized carbons (Fsp3) is 0.471. The Morgan fingerprint density at radius 2 is 2.04 bits per heavy atom. The van der Waals surface area contributed by atoms with Gasteiger partial charge in [0.05, 0.1) is 5.56 Å². The molecule has 1 aromatic carbocycles. The Bertz CT molecular complexity index is 645. The van der Waals surface area contributed by atoms with Gasteiger partial charge in [-0.25, -0.2) is 4.79 Å². The third-order valence-corrected chi connectivity index (χ3v) is 4.34. The fourth-order valence-corrected chi connectivity index (χ4v) is 2.90. The summed E-state index contributed by atoms with van der Waals surface area (Å²) in [6.45, 7) is 6.19. The maximum atomic E-state index is 12.0. The number of benzene rings is 1. The zero-order valence-corrected chi connectivity index (χ0v) is 14.0. The number of likely N-dealkylation sites (tertiary alicyclic amines) is 1. The largest absolute Gasteiger partial charge is 0.478 e. The van der Waals surface area contributed by atoms with E-state index < -0.39 is 17.8 Å². The van der Waals surface area contributed by atoms with E-state index in [2.05, 4.69) is 22.5 Å². The minimum Gasteiger partial charge on any atom is -0.478 e. The number of amides is 2. The summed E-state index contributed by atoms with van der Waals surface area (Å²) in [7, 11) is 0. The van der Waals surface area contributed by atoms with Crippen LogP contribution < -0.4 is 10.6 Å². The summed E-state index contributed by atoms with van der Waals surface area (Å²) < 4.78 is 0. The number of hydrogen-bond donors (Lipinski definition) is 3. The molecule has 2 amide bonds. The third-order valence-electron chi connectivity index (χ3n) is 4.34. The Kier molecular flexibility index (Phi) is 5.92. The lowest BCUT2D eigenvalue weighted by Gasteiger charge is -2.22. The lowest BCUT2D eigenvalue weighted by molar-refractivity contribution is -0.136. The number of aromatic carboxylic acids is 1. The number of aryl methyl sites for hydroxylation is 1. The maximum Gasteiger partial charge on any atom is 0.335 e. The number of carbonyl (C=O) groups excluding carboxylic acids is 2. The first-order valence-electron chi connectivity index (χ1n) is 8.09. The molecule has 1 aliphatic rings. The summed E-state index contributed by atoms with van der Waals surface area (Å²) in [6.07, 6.45) is 2.11. The van der Waals surface area contributed by atoms with Crippen LogP contribution in [0.2, 0.25) is 0 Å². The number of rotatable bonds is 5. The smallest absolute Gasteiger partial charge is 0.335 e. The Labute approximate surface area is 141 Å². The second-order valence-corrected chi connectivity index (χ2v) is 5.92. The van der Waals surface area contributed by atoms with Crippen LogP contribution in [0, 0.1) is 6.92 Å². The molecule has 0 unspecified atom stereocenters. The summed E-state index contributed by atoms with van der Waals surface area (Å²) >= 11 is 0. The topological polar surface area (TPSA) is 98.7 Å². The molecule has 130 valence electrons. The van der Waals surface area contributed by atoms with Crippen molar-refractivity contribution in [1.82, 2.24) is 10.2 Å². The van der Waals surface area contributed by atoms with Gasteiger partial charge in [-0.1, -0.05) is 13.0 Å². The maximum absolute atomic E-state index is 12.0. The first-order valence-corrected chi connectivity index (χ1v) is 8.09. The molecule has 1 fully saturated rings. The number of likely N-dealkylation sites (N-methyl/N-ethyl adjacent to an activating group) is 1. The predicted octanol–water partition coefficient (Wildman–Crippen LogP) is 1.23. The molecule has 0 aliphatic carbocycles. The highest BCUT2D eigenvalue weighted by Crippen LogP contribution is 2.17. The van der Waals surface area contributed by atoms with Crippen molar-refractivity contribution in [2.24, 2.45) is 0 Å². The van der Waals surface area contributed by atoms with E-state index >= 15 is 0 Å². The van der Waals surface area contributed by atoms with Crippen LogP contribution in [0.25, 0.3) is 0 Å². The standard InChI is InChI=1S/C17H23N3O4/c1-3-20-8-4-5-13(20)10-18-15(21)16(22)19-14-9-12(17(23)24)7-6-11(14)2/h6-7,9,13H,3-5,8,10H2,1-2H3,(H,18,21)(H,19,22)(H,23,24)/t13-/m1/s1. The number of nitrogens with one attached hydrogen (secondary N) is 2. The number of carbonyl (C=O) groups is 3. The van der Waals surface area contributed by atoms with Crippen LogP contribution in [0.1, 0.15) is 35.7 Å². The molecule has 2 rings (SSSR count). The molecule has 1 heterocycles. The van der Waals surface area contributed by atoms with Crippen LogP contribution in [0.5, 0.6) is 0 Å². The molecule has 0 spiro atoms. The van der Waals surface area contributed by atoms with E-state index in [0.29, 0.717) is 17.8 Å². The number of carboxylic acids is 1. The van der Waals surface area contributed by atoms with Gasteiger partial charge in [0.1, 0.15) is 0 Å². The summed E-state index contributed by atoms with van der Waals surface area (Å²) in [6, 6.07) is 4.66. The van der Waals surface area contributed by atoms with Gasteiger partial charge in [-0.2, -0.15) is 0 Å². The van der Waals surface area contributed by atoms with Crippen LogP contribution in [-0.2, 0) is 9.59 Å². The summed E-state index contributed by atoms with van der Waals surface area (Å²) in [4.78, 5) is 37.3. The van der Waals surface area contributed by atoms with E-state index in [0.717, 1.165) is 25.9 Å². The van der Waals surface area contributed by atoms with Crippen molar-refractivity contribution in [2.75, 3.05) is 25.0 Å². The SMILES string of the molecule is CCN1CCC[C@@H]1CNC(=O)C(=O)Nc1cc(C(=O)O)ccc1C. The predicted molar refractivity (Wildman–Crippen MR) is 90.0 cm³/mol. The van der Waals surface area contributed by atoms with Gasteiger partial charge in [0.2, 0.25) is 0 Å². The van der Waals surface area contributed by atoms with E-state index in [1.165, 1.54) is 12.1 Å². The average Bonchev–Trinajstić information content (AvgIpc) is 3.01. The summed E-state index contributed by atoms with van der Waals surface area (Å²) in [5, 5.41) is 14.1. The van der Waals surface area contributed by atoms with Gasteiger partial charge in [-0.3, -0.25) is 14.5 Å². The molecule has 7 nitrogen and oxygen atoms in total. The van der Waals surface area contributed by atoms with Crippen LogP contribution >= 0.6 is 0 Å². The molecular weight excluding hydrogens is 310 g/mol. The highest BCUT2D eigenvalue weighted by atomic mass is 16.4. The van der Waals surface area contributed by atoms with Crippen molar-refractivity contribution < 1.29 is 19.5 Å². The van der Waals surface area contributed by atoms with Crippen molar-refractivity contribution in [3.63, 3.8) is 0 Å². The second kappa shape index (κ2) is 7.92. The fourth-order valence-electron chi connectivity index (χ4n) is 2.90. The average molecular weight is 333 g/mol. The molecular formula is C17H23N3O4. The molecule has 3 N–H and O–H groups in total. The molecule has 24 heavy (non-hydrogen) atoms. The number of anilines is 1. The lowest BCUT2D eigenvalue weighted by Crippen LogP contribution is -2.43. The van der Waals surface area contributed by atoms with Crippen molar-refractivity contribution in [3.05, 3.63) is 29.3 Å². The third kappa shape index (κ3) is 4.32. The zero-order chi connectivity index (χ0) is 17.7.